The molecule has 2 rings (SSSR count). The molecule has 3 nitrogen and oxygen atoms in total. The average molecular weight is 327 g/mol. The fourth-order valence-corrected chi connectivity index (χ4v) is 2.60. The van der Waals surface area contributed by atoms with Gasteiger partial charge in [0.25, 0.3) is 0 Å². The lowest BCUT2D eigenvalue weighted by Gasteiger charge is -2.16. The number of nitrogens with one attached hydrogen (secondary N) is 1. The summed E-state index contributed by atoms with van der Waals surface area (Å²) < 4.78 is 11.2. The van der Waals surface area contributed by atoms with E-state index < -0.39 is 0 Å². The Morgan fingerprint density at radius 3 is 2.33 bits per heavy atom. The average Bonchev–Trinajstić information content (AvgIpc) is 2.59. The molecule has 1 N–H and O–H groups in total. The molecule has 1 atom stereocenters. The zero-order valence-electron chi connectivity index (χ0n) is 15.2. The molecule has 2 aromatic rings. The van der Waals surface area contributed by atoms with Crippen LogP contribution < -0.4 is 14.8 Å². The van der Waals surface area contributed by atoms with Gasteiger partial charge < -0.3 is 14.8 Å². The van der Waals surface area contributed by atoms with E-state index in [0.717, 1.165) is 30.9 Å². The second-order valence-electron chi connectivity index (χ2n) is 6.46. The molecule has 0 fully saturated rings. The third-order valence-corrected chi connectivity index (χ3v) is 3.95. The molecule has 0 saturated heterocycles. The van der Waals surface area contributed by atoms with Crippen LogP contribution in [0.3, 0.4) is 0 Å². The van der Waals surface area contributed by atoms with Crippen LogP contribution in [-0.2, 0) is 13.0 Å². The Morgan fingerprint density at radius 2 is 1.67 bits per heavy atom. The third-order valence-electron chi connectivity index (χ3n) is 3.95. The first-order chi connectivity index (χ1) is 11.6. The van der Waals surface area contributed by atoms with Crippen molar-refractivity contribution in [1.82, 2.24) is 5.32 Å². The summed E-state index contributed by atoms with van der Waals surface area (Å²) in [6.07, 6.45) is 2.36. The summed E-state index contributed by atoms with van der Waals surface area (Å²) in [5.41, 5.74) is 2.59. The van der Waals surface area contributed by atoms with Gasteiger partial charge in [-0.25, -0.2) is 0 Å². The van der Waals surface area contributed by atoms with Crippen molar-refractivity contribution in [2.75, 3.05) is 7.11 Å². The highest BCUT2D eigenvalue weighted by atomic mass is 16.5. The number of methoxy groups -OCH3 is 1. The van der Waals surface area contributed by atoms with E-state index in [0.29, 0.717) is 6.04 Å². The van der Waals surface area contributed by atoms with Crippen LogP contribution in [0.1, 0.15) is 38.3 Å². The maximum Gasteiger partial charge on any atom is 0.161 e. The minimum atomic E-state index is 0.140. The van der Waals surface area contributed by atoms with Gasteiger partial charge in [-0.05, 0) is 56.9 Å². The third kappa shape index (κ3) is 5.89. The van der Waals surface area contributed by atoms with Crippen LogP contribution in [0, 0.1) is 0 Å². The van der Waals surface area contributed by atoms with Gasteiger partial charge in [0.1, 0.15) is 0 Å². The van der Waals surface area contributed by atoms with Gasteiger partial charge in [0.2, 0.25) is 0 Å². The van der Waals surface area contributed by atoms with E-state index in [1.807, 2.05) is 19.9 Å². The number of ether oxygens (including phenoxy) is 2. The van der Waals surface area contributed by atoms with Gasteiger partial charge in [-0.15, -0.1) is 0 Å². The maximum absolute atomic E-state index is 5.76. The highest BCUT2D eigenvalue weighted by molar-refractivity contribution is 5.43. The van der Waals surface area contributed by atoms with E-state index in [-0.39, 0.29) is 6.10 Å². The fourth-order valence-electron chi connectivity index (χ4n) is 2.60. The zero-order valence-corrected chi connectivity index (χ0v) is 15.2. The van der Waals surface area contributed by atoms with E-state index in [1.165, 1.54) is 11.1 Å². The molecule has 0 radical (unpaired) electrons. The van der Waals surface area contributed by atoms with Crippen LogP contribution in [0.2, 0.25) is 0 Å². The van der Waals surface area contributed by atoms with Gasteiger partial charge in [-0.3, -0.25) is 0 Å². The summed E-state index contributed by atoms with van der Waals surface area (Å²) in [7, 11) is 1.68. The molecule has 1 unspecified atom stereocenters. The Balaban J connectivity index is 1.84. The predicted octanol–water partition coefficient (Wildman–Crippen LogP) is 4.59. The lowest BCUT2D eigenvalue weighted by molar-refractivity contribution is 0.230. The quantitative estimate of drug-likeness (QED) is 0.730. The molecule has 2 aromatic carbocycles. The van der Waals surface area contributed by atoms with Gasteiger partial charge >= 0.3 is 0 Å². The van der Waals surface area contributed by atoms with Gasteiger partial charge in [0, 0.05) is 12.6 Å². The molecule has 0 aliphatic rings. The van der Waals surface area contributed by atoms with E-state index in [9.17, 15) is 0 Å². The zero-order chi connectivity index (χ0) is 17.4. The van der Waals surface area contributed by atoms with Gasteiger partial charge in [-0.2, -0.15) is 0 Å². The summed E-state index contributed by atoms with van der Waals surface area (Å²) in [6.45, 7) is 7.09. The molecule has 0 bridgehead atoms. The Labute approximate surface area is 146 Å². The van der Waals surface area contributed by atoms with Crippen molar-refractivity contribution in [2.45, 2.75) is 52.3 Å². The smallest absolute Gasteiger partial charge is 0.161 e. The Hall–Kier alpha value is -2.00. The van der Waals surface area contributed by atoms with Crippen molar-refractivity contribution in [3.05, 3.63) is 59.7 Å². The fraction of sp³-hybridized carbons (Fsp3) is 0.429. The lowest BCUT2D eigenvalue weighted by atomic mass is 10.1. The summed E-state index contributed by atoms with van der Waals surface area (Å²) in [5.74, 6) is 1.59. The molecule has 0 amide bonds. The first-order valence-corrected chi connectivity index (χ1v) is 8.69. The molecule has 0 heterocycles. The topological polar surface area (TPSA) is 30.5 Å². The number of rotatable bonds is 9. The van der Waals surface area contributed by atoms with Crippen molar-refractivity contribution < 1.29 is 9.47 Å². The summed E-state index contributed by atoms with van der Waals surface area (Å²) >= 11 is 0. The summed E-state index contributed by atoms with van der Waals surface area (Å²) in [5, 5.41) is 3.58. The van der Waals surface area contributed by atoms with Crippen molar-refractivity contribution in [3.63, 3.8) is 0 Å². The van der Waals surface area contributed by atoms with Crippen LogP contribution in [0.4, 0.5) is 0 Å². The molecule has 0 spiro atoms. The van der Waals surface area contributed by atoms with E-state index >= 15 is 0 Å². The summed E-state index contributed by atoms with van der Waals surface area (Å²) in [4.78, 5) is 0. The molecule has 3 heteroatoms. The van der Waals surface area contributed by atoms with E-state index in [1.54, 1.807) is 7.11 Å². The monoisotopic (exact) mass is 327 g/mol. The van der Waals surface area contributed by atoms with E-state index in [2.05, 4.69) is 54.7 Å². The maximum atomic E-state index is 5.76. The van der Waals surface area contributed by atoms with Gasteiger partial charge in [0.15, 0.2) is 11.5 Å². The van der Waals surface area contributed by atoms with Crippen molar-refractivity contribution >= 4 is 0 Å². The minimum absolute atomic E-state index is 0.140. The van der Waals surface area contributed by atoms with Crippen LogP contribution >= 0.6 is 0 Å². The van der Waals surface area contributed by atoms with Gasteiger partial charge in [-0.1, -0.05) is 36.4 Å². The molecule has 0 saturated carbocycles. The predicted molar refractivity (Wildman–Crippen MR) is 99.8 cm³/mol. The molecule has 24 heavy (non-hydrogen) atoms. The minimum Gasteiger partial charge on any atom is -0.493 e. The van der Waals surface area contributed by atoms with Crippen LogP contribution in [0.15, 0.2) is 48.5 Å². The molecular formula is C21H29NO2. The largest absolute Gasteiger partial charge is 0.493 e. The molecule has 130 valence electrons. The summed E-state index contributed by atoms with van der Waals surface area (Å²) in [6, 6.07) is 17.2. The number of hydrogen-bond acceptors (Lipinski definition) is 3. The van der Waals surface area contributed by atoms with Crippen LogP contribution in [-0.4, -0.2) is 19.3 Å². The normalized spacial score (nSPS) is 12.2. The van der Waals surface area contributed by atoms with Crippen LogP contribution in [0.5, 0.6) is 11.5 Å². The highest BCUT2D eigenvalue weighted by Crippen LogP contribution is 2.29. The second kappa shape index (κ2) is 9.33. The molecule has 0 aliphatic carbocycles. The highest BCUT2D eigenvalue weighted by Gasteiger charge is 2.08. The Kier molecular flexibility index (Phi) is 7.13. The molecular weight excluding hydrogens is 298 g/mol. The number of hydrogen-bond donors (Lipinski definition) is 1. The number of benzene rings is 2. The van der Waals surface area contributed by atoms with E-state index in [4.69, 9.17) is 9.47 Å². The number of aryl methyl sites for hydroxylation is 1. The Bertz CT molecular complexity index is 610. The standard InChI is InChI=1S/C21H29NO2/c1-16(2)24-20-13-12-19(14-21(20)23-4)15-22-17(3)10-11-18-8-6-5-7-9-18/h5-9,12-14,16-17,22H,10-11,15H2,1-4H3. The van der Waals surface area contributed by atoms with Crippen molar-refractivity contribution in [2.24, 2.45) is 0 Å². The van der Waals surface area contributed by atoms with Crippen molar-refractivity contribution in [1.29, 1.82) is 0 Å². The van der Waals surface area contributed by atoms with Crippen molar-refractivity contribution in [3.8, 4) is 11.5 Å². The van der Waals surface area contributed by atoms with Gasteiger partial charge in [0.05, 0.1) is 13.2 Å². The Morgan fingerprint density at radius 1 is 0.917 bits per heavy atom. The molecule has 0 aromatic heterocycles. The lowest BCUT2D eigenvalue weighted by Crippen LogP contribution is -2.26. The second-order valence-corrected chi connectivity index (χ2v) is 6.46. The first-order valence-electron chi connectivity index (χ1n) is 8.69. The SMILES string of the molecule is COc1cc(CNC(C)CCc2ccccc2)ccc1OC(C)C. The van der Waals surface area contributed by atoms with Crippen LogP contribution in [0.25, 0.3) is 0 Å². The first kappa shape index (κ1) is 18.3. The molecule has 0 aliphatic heterocycles.